The lowest BCUT2D eigenvalue weighted by molar-refractivity contribution is 0.283. The molecule has 0 aliphatic heterocycles. The van der Waals surface area contributed by atoms with Crippen molar-refractivity contribution in [2.45, 2.75) is 39.3 Å². The second-order valence-electron chi connectivity index (χ2n) is 7.69. The number of nitrogens with zero attached hydrogens (tertiary/aromatic N) is 2. The van der Waals surface area contributed by atoms with Crippen LogP contribution < -0.4 is 14.2 Å². The van der Waals surface area contributed by atoms with Crippen LogP contribution in [0.25, 0.3) is 11.0 Å². The first-order valence-corrected chi connectivity index (χ1v) is 11.2. The Balaban J connectivity index is 1.36. The number of para-hydroxylation sites is 2. The Labute approximate surface area is 189 Å². The van der Waals surface area contributed by atoms with Gasteiger partial charge in [0.2, 0.25) is 0 Å². The highest BCUT2D eigenvalue weighted by atomic mass is 16.5. The van der Waals surface area contributed by atoms with Gasteiger partial charge in [-0.1, -0.05) is 37.3 Å². The van der Waals surface area contributed by atoms with Gasteiger partial charge in [-0.3, -0.25) is 0 Å². The fourth-order valence-electron chi connectivity index (χ4n) is 3.71. The van der Waals surface area contributed by atoms with E-state index in [1.807, 2.05) is 36.4 Å². The monoisotopic (exact) mass is 430 g/mol. The molecule has 0 spiro atoms. The molecule has 0 radical (unpaired) electrons. The highest BCUT2D eigenvalue weighted by Gasteiger charge is 2.11. The molecule has 0 N–H and O–H groups in total. The van der Waals surface area contributed by atoms with Crippen molar-refractivity contribution in [2.75, 3.05) is 13.7 Å². The minimum atomic E-state index is 0.405. The number of ether oxygens (including phenoxy) is 3. The average molecular weight is 431 g/mol. The smallest absolute Gasteiger partial charge is 0.147 e. The number of benzene rings is 3. The molecule has 3 aromatic carbocycles. The third-order valence-electron chi connectivity index (χ3n) is 5.52. The van der Waals surface area contributed by atoms with E-state index in [1.54, 1.807) is 7.11 Å². The second-order valence-corrected chi connectivity index (χ2v) is 7.69. The molecule has 1 heterocycles. The van der Waals surface area contributed by atoms with Crippen molar-refractivity contribution in [3.05, 3.63) is 84.2 Å². The summed E-state index contributed by atoms with van der Waals surface area (Å²) in [5, 5.41) is 0. The second kappa shape index (κ2) is 10.7. The summed E-state index contributed by atoms with van der Waals surface area (Å²) in [7, 11) is 1.66. The zero-order valence-electron chi connectivity index (χ0n) is 18.8. The SMILES string of the molecule is CCc1ccc(OCCCCn2c(COc3cccc(OC)c3)nc3ccccc32)cc1. The van der Waals surface area contributed by atoms with Gasteiger partial charge < -0.3 is 18.8 Å². The first-order chi connectivity index (χ1) is 15.8. The molecular weight excluding hydrogens is 400 g/mol. The molecular formula is C27H30N2O3. The minimum absolute atomic E-state index is 0.405. The van der Waals surface area contributed by atoms with Gasteiger partial charge in [0.05, 0.1) is 24.8 Å². The number of unbranched alkanes of at least 4 members (excludes halogenated alkanes) is 1. The lowest BCUT2D eigenvalue weighted by Crippen LogP contribution is -2.09. The van der Waals surface area contributed by atoms with E-state index >= 15 is 0 Å². The first-order valence-electron chi connectivity index (χ1n) is 11.2. The maximum absolute atomic E-state index is 6.02. The van der Waals surface area contributed by atoms with Crippen molar-refractivity contribution in [1.82, 2.24) is 9.55 Å². The van der Waals surface area contributed by atoms with E-state index in [9.17, 15) is 0 Å². The number of aryl methyl sites for hydroxylation is 2. The van der Waals surface area contributed by atoms with Crippen LogP contribution in [0.1, 0.15) is 31.2 Å². The zero-order chi connectivity index (χ0) is 22.2. The number of hydrogen-bond donors (Lipinski definition) is 0. The molecule has 4 rings (SSSR count). The highest BCUT2D eigenvalue weighted by Crippen LogP contribution is 2.22. The highest BCUT2D eigenvalue weighted by molar-refractivity contribution is 5.75. The molecule has 166 valence electrons. The van der Waals surface area contributed by atoms with Gasteiger partial charge in [-0.15, -0.1) is 0 Å². The maximum Gasteiger partial charge on any atom is 0.147 e. The lowest BCUT2D eigenvalue weighted by Gasteiger charge is -2.12. The van der Waals surface area contributed by atoms with Crippen molar-refractivity contribution in [3.63, 3.8) is 0 Å². The van der Waals surface area contributed by atoms with Crippen LogP contribution in [0.4, 0.5) is 0 Å². The Hall–Kier alpha value is -3.47. The van der Waals surface area contributed by atoms with E-state index < -0.39 is 0 Å². The molecule has 0 unspecified atom stereocenters. The van der Waals surface area contributed by atoms with Gasteiger partial charge in [0, 0.05) is 12.6 Å². The molecule has 5 nitrogen and oxygen atoms in total. The van der Waals surface area contributed by atoms with Crippen molar-refractivity contribution < 1.29 is 14.2 Å². The van der Waals surface area contributed by atoms with Crippen LogP contribution in [-0.4, -0.2) is 23.3 Å². The van der Waals surface area contributed by atoms with Crippen molar-refractivity contribution in [1.29, 1.82) is 0 Å². The van der Waals surface area contributed by atoms with Gasteiger partial charge in [0.15, 0.2) is 0 Å². The molecule has 0 aliphatic carbocycles. The summed E-state index contributed by atoms with van der Waals surface area (Å²) in [6.07, 6.45) is 3.01. The fourth-order valence-corrected chi connectivity index (χ4v) is 3.71. The molecule has 0 amide bonds. The van der Waals surface area contributed by atoms with Crippen LogP contribution in [0.2, 0.25) is 0 Å². The van der Waals surface area contributed by atoms with Gasteiger partial charge in [-0.25, -0.2) is 4.98 Å². The first kappa shape index (κ1) is 21.8. The molecule has 0 bridgehead atoms. The Morgan fingerprint density at radius 3 is 2.44 bits per heavy atom. The van der Waals surface area contributed by atoms with Gasteiger partial charge in [-0.05, 0) is 61.2 Å². The summed E-state index contributed by atoms with van der Waals surface area (Å²) in [5.74, 6) is 3.40. The summed E-state index contributed by atoms with van der Waals surface area (Å²) < 4.78 is 19.5. The quantitative estimate of drug-likeness (QED) is 0.272. The summed E-state index contributed by atoms with van der Waals surface area (Å²) >= 11 is 0. The number of hydrogen-bond acceptors (Lipinski definition) is 4. The molecule has 1 aromatic heterocycles. The van der Waals surface area contributed by atoms with Crippen LogP contribution in [0.3, 0.4) is 0 Å². The van der Waals surface area contributed by atoms with Gasteiger partial charge in [0.25, 0.3) is 0 Å². The summed E-state index contributed by atoms with van der Waals surface area (Å²) in [6, 6.07) is 24.2. The normalized spacial score (nSPS) is 10.9. The molecule has 0 atom stereocenters. The predicted molar refractivity (Wildman–Crippen MR) is 128 cm³/mol. The Kier molecular flexibility index (Phi) is 7.28. The fraction of sp³-hybridized carbons (Fsp3) is 0.296. The number of imidazole rings is 1. The van der Waals surface area contributed by atoms with E-state index in [4.69, 9.17) is 19.2 Å². The van der Waals surface area contributed by atoms with Crippen molar-refractivity contribution in [2.24, 2.45) is 0 Å². The minimum Gasteiger partial charge on any atom is -0.497 e. The van der Waals surface area contributed by atoms with Crippen LogP contribution in [0.5, 0.6) is 17.2 Å². The summed E-state index contributed by atoms with van der Waals surface area (Å²) in [6.45, 7) is 4.14. The Morgan fingerprint density at radius 2 is 1.62 bits per heavy atom. The van der Waals surface area contributed by atoms with E-state index in [-0.39, 0.29) is 0 Å². The standard InChI is InChI=1S/C27H30N2O3/c1-3-21-13-15-22(16-14-21)31-18-7-6-17-29-26-12-5-4-11-25(26)28-27(29)20-32-24-10-8-9-23(19-24)30-2/h4-5,8-16,19H,3,6-7,17-18,20H2,1-2H3. The maximum atomic E-state index is 6.02. The molecule has 0 fully saturated rings. The summed E-state index contributed by atoms with van der Waals surface area (Å²) in [5.41, 5.74) is 3.45. The number of rotatable bonds is 11. The zero-order valence-corrected chi connectivity index (χ0v) is 18.8. The largest absolute Gasteiger partial charge is 0.497 e. The van der Waals surface area contributed by atoms with Gasteiger partial charge in [0.1, 0.15) is 29.7 Å². The van der Waals surface area contributed by atoms with Crippen LogP contribution in [0.15, 0.2) is 72.8 Å². The Morgan fingerprint density at radius 1 is 0.812 bits per heavy atom. The third-order valence-corrected chi connectivity index (χ3v) is 5.52. The number of methoxy groups -OCH3 is 1. The van der Waals surface area contributed by atoms with E-state index in [1.165, 1.54) is 5.56 Å². The van der Waals surface area contributed by atoms with Gasteiger partial charge >= 0.3 is 0 Å². The van der Waals surface area contributed by atoms with E-state index in [0.29, 0.717) is 13.2 Å². The Bertz CT molecular complexity index is 1140. The van der Waals surface area contributed by atoms with Crippen LogP contribution >= 0.6 is 0 Å². The molecule has 4 aromatic rings. The van der Waals surface area contributed by atoms with E-state index in [2.05, 4.69) is 47.9 Å². The molecule has 5 heteroatoms. The summed E-state index contributed by atoms with van der Waals surface area (Å²) in [4.78, 5) is 4.81. The number of fused-ring (bicyclic) bond motifs is 1. The predicted octanol–water partition coefficient (Wildman–Crippen LogP) is 6.05. The van der Waals surface area contributed by atoms with Crippen molar-refractivity contribution >= 4 is 11.0 Å². The van der Waals surface area contributed by atoms with Crippen LogP contribution in [-0.2, 0) is 19.6 Å². The van der Waals surface area contributed by atoms with Crippen molar-refractivity contribution in [3.8, 4) is 17.2 Å². The molecule has 0 saturated carbocycles. The molecule has 0 aliphatic rings. The average Bonchev–Trinajstić information content (AvgIpc) is 3.20. The topological polar surface area (TPSA) is 45.5 Å². The van der Waals surface area contributed by atoms with Crippen LogP contribution in [0, 0.1) is 0 Å². The van der Waals surface area contributed by atoms with E-state index in [0.717, 1.165) is 59.9 Å². The molecule has 0 saturated heterocycles. The molecule has 32 heavy (non-hydrogen) atoms. The van der Waals surface area contributed by atoms with Gasteiger partial charge in [-0.2, -0.15) is 0 Å². The third kappa shape index (κ3) is 5.41. The lowest BCUT2D eigenvalue weighted by atomic mass is 10.2. The number of aromatic nitrogens is 2.